The Morgan fingerprint density at radius 2 is 2.05 bits per heavy atom. The minimum atomic E-state index is -0.272. The van der Waals surface area contributed by atoms with Gasteiger partial charge in [-0.05, 0) is 43.4 Å². The van der Waals surface area contributed by atoms with Crippen molar-refractivity contribution in [3.63, 3.8) is 0 Å². The fourth-order valence-corrected chi connectivity index (χ4v) is 3.94. The van der Waals surface area contributed by atoms with Crippen LogP contribution in [0.25, 0.3) is 11.0 Å². The van der Waals surface area contributed by atoms with E-state index in [4.69, 9.17) is 4.42 Å². The lowest BCUT2D eigenvalue weighted by atomic mass is 9.75. The number of furan rings is 1. The second kappa shape index (κ2) is 5.80. The highest BCUT2D eigenvalue weighted by atomic mass is 19.1. The predicted octanol–water partition coefficient (Wildman–Crippen LogP) is 5.19. The van der Waals surface area contributed by atoms with Crippen LogP contribution in [0.15, 0.2) is 28.7 Å². The van der Waals surface area contributed by atoms with Crippen molar-refractivity contribution < 1.29 is 8.81 Å². The van der Waals surface area contributed by atoms with Crippen LogP contribution in [0, 0.1) is 11.2 Å². The minimum absolute atomic E-state index is 0.182. The molecule has 0 aliphatic heterocycles. The third-order valence-corrected chi connectivity index (χ3v) is 5.12. The third kappa shape index (κ3) is 2.48. The summed E-state index contributed by atoms with van der Waals surface area (Å²) in [5, 5.41) is 4.46. The number of hydrogen-bond donors (Lipinski definition) is 1. The van der Waals surface area contributed by atoms with E-state index in [9.17, 15) is 4.39 Å². The second-order valence-corrected chi connectivity index (χ2v) is 6.22. The number of para-hydroxylation sites is 1. The van der Waals surface area contributed by atoms with Crippen molar-refractivity contribution in [3.05, 3.63) is 35.8 Å². The van der Waals surface area contributed by atoms with Crippen LogP contribution in [-0.4, -0.2) is 6.54 Å². The van der Waals surface area contributed by atoms with Crippen molar-refractivity contribution >= 4 is 11.0 Å². The largest absolute Gasteiger partial charge is 0.456 e. The Kier molecular flexibility index (Phi) is 4.03. The summed E-state index contributed by atoms with van der Waals surface area (Å²) in [7, 11) is 0. The van der Waals surface area contributed by atoms with E-state index in [2.05, 4.69) is 19.2 Å². The average Bonchev–Trinajstić information content (AvgIpc) is 3.13. The molecular weight excluding hydrogens is 265 g/mol. The summed E-state index contributed by atoms with van der Waals surface area (Å²) in [6.45, 7) is 5.28. The van der Waals surface area contributed by atoms with Crippen molar-refractivity contribution in [1.82, 2.24) is 5.32 Å². The molecule has 3 heteroatoms. The zero-order chi connectivity index (χ0) is 14.9. The van der Waals surface area contributed by atoms with Gasteiger partial charge in [-0.25, -0.2) is 4.39 Å². The molecule has 1 aromatic heterocycles. The molecule has 1 fully saturated rings. The number of fused-ring (bicyclic) bond motifs is 1. The van der Waals surface area contributed by atoms with Gasteiger partial charge in [-0.3, -0.25) is 0 Å². The lowest BCUT2D eigenvalue weighted by molar-refractivity contribution is 0.169. The second-order valence-electron chi connectivity index (χ2n) is 6.22. The summed E-state index contributed by atoms with van der Waals surface area (Å²) >= 11 is 0. The van der Waals surface area contributed by atoms with Crippen molar-refractivity contribution in [1.29, 1.82) is 0 Å². The van der Waals surface area contributed by atoms with Gasteiger partial charge in [0.2, 0.25) is 0 Å². The number of benzene rings is 1. The molecule has 0 radical (unpaired) electrons. The SMILES string of the molecule is CCNC(c1cc2cccc(F)c2o1)C1(CC)CCCC1. The Bertz CT molecular complexity index is 613. The first kappa shape index (κ1) is 14.6. The first-order valence-corrected chi connectivity index (χ1v) is 8.11. The molecule has 1 N–H and O–H groups in total. The standard InChI is InChI=1S/C18H24FNO/c1-3-18(10-5-6-11-18)17(20-4-2)15-12-13-8-7-9-14(19)16(13)21-15/h7-9,12,17,20H,3-6,10-11H2,1-2H3. The summed E-state index contributed by atoms with van der Waals surface area (Å²) in [5.74, 6) is 0.617. The van der Waals surface area contributed by atoms with E-state index < -0.39 is 0 Å². The summed E-state index contributed by atoms with van der Waals surface area (Å²) in [6, 6.07) is 7.32. The van der Waals surface area contributed by atoms with Crippen LogP contribution in [0.5, 0.6) is 0 Å². The van der Waals surface area contributed by atoms with Gasteiger partial charge in [0.15, 0.2) is 11.4 Å². The monoisotopic (exact) mass is 289 g/mol. The molecule has 1 saturated carbocycles. The summed E-state index contributed by atoms with van der Waals surface area (Å²) in [4.78, 5) is 0. The molecular formula is C18H24FNO. The Morgan fingerprint density at radius 1 is 1.29 bits per heavy atom. The van der Waals surface area contributed by atoms with E-state index in [-0.39, 0.29) is 17.3 Å². The molecule has 0 amide bonds. The van der Waals surface area contributed by atoms with Crippen molar-refractivity contribution in [2.45, 2.75) is 52.0 Å². The van der Waals surface area contributed by atoms with E-state index in [0.717, 1.165) is 24.1 Å². The van der Waals surface area contributed by atoms with Gasteiger partial charge >= 0.3 is 0 Å². The van der Waals surface area contributed by atoms with Crippen LogP contribution in [0.1, 0.15) is 57.8 Å². The van der Waals surface area contributed by atoms with Crippen molar-refractivity contribution in [2.24, 2.45) is 5.41 Å². The van der Waals surface area contributed by atoms with E-state index >= 15 is 0 Å². The van der Waals surface area contributed by atoms with Gasteiger partial charge in [0.1, 0.15) is 5.76 Å². The number of hydrogen-bond acceptors (Lipinski definition) is 2. The fraction of sp³-hybridized carbons (Fsp3) is 0.556. The molecule has 1 atom stereocenters. The Labute approximate surface area is 125 Å². The molecule has 21 heavy (non-hydrogen) atoms. The molecule has 1 aromatic carbocycles. The average molecular weight is 289 g/mol. The highest BCUT2D eigenvalue weighted by Crippen LogP contribution is 2.50. The van der Waals surface area contributed by atoms with E-state index in [0.29, 0.717) is 5.58 Å². The molecule has 2 aromatic rings. The Balaban J connectivity index is 2.04. The van der Waals surface area contributed by atoms with Gasteiger partial charge in [0, 0.05) is 5.39 Å². The molecule has 1 heterocycles. The van der Waals surface area contributed by atoms with Crippen LogP contribution in [0.3, 0.4) is 0 Å². The highest BCUT2D eigenvalue weighted by Gasteiger charge is 2.41. The molecule has 3 rings (SSSR count). The summed E-state index contributed by atoms with van der Waals surface area (Å²) in [5.41, 5.74) is 0.639. The fourth-order valence-electron chi connectivity index (χ4n) is 3.94. The van der Waals surface area contributed by atoms with Gasteiger partial charge in [0.05, 0.1) is 6.04 Å². The maximum absolute atomic E-state index is 13.9. The van der Waals surface area contributed by atoms with Crippen molar-refractivity contribution in [3.8, 4) is 0 Å². The molecule has 0 bridgehead atoms. The van der Waals surface area contributed by atoms with Crippen LogP contribution < -0.4 is 5.32 Å². The van der Waals surface area contributed by atoms with Crippen molar-refractivity contribution in [2.75, 3.05) is 6.54 Å². The topological polar surface area (TPSA) is 25.2 Å². The van der Waals surface area contributed by atoms with Gasteiger partial charge < -0.3 is 9.73 Å². The zero-order valence-corrected chi connectivity index (χ0v) is 12.9. The first-order chi connectivity index (χ1) is 10.2. The minimum Gasteiger partial charge on any atom is -0.456 e. The van der Waals surface area contributed by atoms with Crippen LogP contribution in [-0.2, 0) is 0 Å². The highest BCUT2D eigenvalue weighted by molar-refractivity contribution is 5.78. The third-order valence-electron chi connectivity index (χ3n) is 5.12. The van der Waals surface area contributed by atoms with Crippen LogP contribution in [0.2, 0.25) is 0 Å². The zero-order valence-electron chi connectivity index (χ0n) is 12.9. The number of halogens is 1. The molecule has 0 saturated heterocycles. The Hall–Kier alpha value is -1.35. The van der Waals surface area contributed by atoms with Gasteiger partial charge in [-0.15, -0.1) is 0 Å². The van der Waals surface area contributed by atoms with Crippen LogP contribution in [0.4, 0.5) is 4.39 Å². The molecule has 1 aliphatic carbocycles. The summed E-state index contributed by atoms with van der Waals surface area (Å²) < 4.78 is 19.8. The van der Waals surface area contributed by atoms with Gasteiger partial charge in [0.25, 0.3) is 0 Å². The van der Waals surface area contributed by atoms with Crippen LogP contribution >= 0.6 is 0 Å². The van der Waals surface area contributed by atoms with E-state index in [1.807, 2.05) is 12.1 Å². The molecule has 0 spiro atoms. The van der Waals surface area contributed by atoms with Gasteiger partial charge in [-0.2, -0.15) is 0 Å². The summed E-state index contributed by atoms with van der Waals surface area (Å²) in [6.07, 6.45) is 6.14. The lowest BCUT2D eigenvalue weighted by Crippen LogP contribution is -2.35. The molecule has 1 aliphatic rings. The van der Waals surface area contributed by atoms with E-state index in [1.54, 1.807) is 6.07 Å². The lowest BCUT2D eigenvalue weighted by Gasteiger charge is -2.36. The van der Waals surface area contributed by atoms with Gasteiger partial charge in [-0.1, -0.05) is 38.8 Å². The molecule has 1 unspecified atom stereocenters. The Morgan fingerprint density at radius 3 is 2.67 bits per heavy atom. The normalized spacial score (nSPS) is 19.2. The molecule has 2 nitrogen and oxygen atoms in total. The number of rotatable bonds is 5. The quantitative estimate of drug-likeness (QED) is 0.819. The first-order valence-electron chi connectivity index (χ1n) is 8.11. The maximum Gasteiger partial charge on any atom is 0.169 e. The smallest absolute Gasteiger partial charge is 0.169 e. The maximum atomic E-state index is 13.9. The number of nitrogens with one attached hydrogen (secondary N) is 1. The van der Waals surface area contributed by atoms with E-state index in [1.165, 1.54) is 31.7 Å². The molecule has 114 valence electrons. The predicted molar refractivity (Wildman–Crippen MR) is 83.8 cm³/mol.